The molecule has 7 heteroatoms. The van der Waals surface area contributed by atoms with Crippen LogP contribution >= 0.6 is 16.5 Å². The molecule has 0 spiro atoms. The molecule has 76 valence electrons. The van der Waals surface area contributed by atoms with E-state index in [4.69, 9.17) is 19.6 Å². The fourth-order valence-electron chi connectivity index (χ4n) is 0.782. The molecule has 0 atom stereocenters. The Balaban J connectivity index is 3.56. The van der Waals surface area contributed by atoms with Crippen molar-refractivity contribution in [2.75, 3.05) is 6.16 Å². The molecule has 0 aliphatic rings. The summed E-state index contributed by atoms with van der Waals surface area (Å²) < 4.78 is 4.21. The Bertz CT molecular complexity index is 118. The second kappa shape index (κ2) is 6.17. The molecule has 0 bridgehead atoms. The molecule has 5 nitrogen and oxygen atoms in total. The van der Waals surface area contributed by atoms with Gasteiger partial charge in [0.1, 0.15) is 0 Å². The third kappa shape index (κ3) is 7.32. The van der Waals surface area contributed by atoms with Gasteiger partial charge in [-0.2, -0.15) is 0 Å². The quantitative estimate of drug-likeness (QED) is 0.392. The molecule has 0 rings (SSSR count). The van der Waals surface area contributed by atoms with E-state index in [1.165, 1.54) is 0 Å². The Hall–Kier alpha value is 0.660. The summed E-state index contributed by atoms with van der Waals surface area (Å²) >= 11 is 0. The maximum absolute atomic E-state index is 9.08. The van der Waals surface area contributed by atoms with E-state index in [0.29, 0.717) is 6.42 Å². The first kappa shape index (κ1) is 12.7. The van der Waals surface area contributed by atoms with Crippen molar-refractivity contribution in [2.45, 2.75) is 26.2 Å². The first-order chi connectivity index (χ1) is 5.48. The summed E-state index contributed by atoms with van der Waals surface area (Å²) in [5.74, 6) is 0. The van der Waals surface area contributed by atoms with Gasteiger partial charge in [-0.15, -0.1) is 0 Å². The Morgan fingerprint density at radius 1 is 1.25 bits per heavy atom. The van der Waals surface area contributed by atoms with Crippen LogP contribution in [0.3, 0.4) is 0 Å². The standard InChI is InChI=1S/C5H16O5P2/c1-2-3-4-5-12(8,9)10-11(6)7/h6-9,12H,2-5H2,1H3. The van der Waals surface area contributed by atoms with E-state index in [2.05, 4.69) is 4.31 Å². The molecule has 0 amide bonds. The zero-order valence-corrected chi connectivity index (χ0v) is 8.87. The molecule has 0 aliphatic heterocycles. The number of hydrogen-bond acceptors (Lipinski definition) is 5. The van der Waals surface area contributed by atoms with Gasteiger partial charge in [0.2, 0.25) is 0 Å². The second-order valence-electron chi connectivity index (χ2n) is 2.54. The number of unbranched alkanes of at least 4 members (excludes halogenated alkanes) is 2. The molecule has 0 aromatic rings. The predicted octanol–water partition coefficient (Wildman–Crippen LogP) is 0.884. The summed E-state index contributed by atoms with van der Waals surface area (Å²) in [5, 5.41) is 0. The van der Waals surface area contributed by atoms with Crippen molar-refractivity contribution in [1.29, 1.82) is 0 Å². The van der Waals surface area contributed by atoms with Crippen LogP contribution in [0.4, 0.5) is 0 Å². The third-order valence-electron chi connectivity index (χ3n) is 1.33. The van der Waals surface area contributed by atoms with Crippen molar-refractivity contribution in [3.63, 3.8) is 0 Å². The molecule has 0 heterocycles. The first-order valence-electron chi connectivity index (χ1n) is 3.79. The van der Waals surface area contributed by atoms with Crippen molar-refractivity contribution in [3.8, 4) is 0 Å². The monoisotopic (exact) mass is 218 g/mol. The second-order valence-corrected chi connectivity index (χ2v) is 5.77. The van der Waals surface area contributed by atoms with E-state index in [1.807, 2.05) is 6.92 Å². The van der Waals surface area contributed by atoms with Crippen molar-refractivity contribution >= 4 is 16.5 Å². The SMILES string of the molecule is CCCCC[PH](O)(O)OP(O)O. The molecule has 0 unspecified atom stereocenters. The van der Waals surface area contributed by atoms with Crippen LogP contribution in [0.5, 0.6) is 0 Å². The average molecular weight is 218 g/mol. The van der Waals surface area contributed by atoms with Gasteiger partial charge in [0.15, 0.2) is 0 Å². The van der Waals surface area contributed by atoms with Gasteiger partial charge in [-0.3, -0.25) is 0 Å². The molecular formula is C5H16O5P2. The summed E-state index contributed by atoms with van der Waals surface area (Å²) in [4.78, 5) is 34.9. The van der Waals surface area contributed by atoms with Crippen molar-refractivity contribution in [1.82, 2.24) is 0 Å². The molecule has 0 aromatic heterocycles. The fourth-order valence-corrected chi connectivity index (χ4v) is 2.90. The Labute approximate surface area is 73.6 Å². The van der Waals surface area contributed by atoms with Crippen molar-refractivity contribution < 1.29 is 23.9 Å². The average Bonchev–Trinajstić information content (AvgIpc) is 1.84. The molecule has 12 heavy (non-hydrogen) atoms. The zero-order valence-electron chi connectivity index (χ0n) is 6.97. The molecule has 0 saturated carbocycles. The van der Waals surface area contributed by atoms with Crippen LogP contribution in [0.25, 0.3) is 0 Å². The Morgan fingerprint density at radius 2 is 1.83 bits per heavy atom. The zero-order chi connectivity index (χ0) is 9.61. The molecule has 0 aliphatic carbocycles. The van der Waals surface area contributed by atoms with Crippen LogP contribution in [-0.2, 0) is 4.31 Å². The Morgan fingerprint density at radius 3 is 2.25 bits per heavy atom. The normalized spacial score (nSPS) is 13.8. The van der Waals surface area contributed by atoms with Crippen LogP contribution in [0.15, 0.2) is 0 Å². The molecule has 0 fully saturated rings. The predicted molar refractivity (Wildman–Crippen MR) is 49.6 cm³/mol. The van der Waals surface area contributed by atoms with Crippen LogP contribution in [0.1, 0.15) is 26.2 Å². The van der Waals surface area contributed by atoms with Crippen LogP contribution < -0.4 is 0 Å². The Kier molecular flexibility index (Phi) is 6.50. The van der Waals surface area contributed by atoms with Crippen molar-refractivity contribution in [3.05, 3.63) is 0 Å². The van der Waals surface area contributed by atoms with E-state index < -0.39 is 16.5 Å². The van der Waals surface area contributed by atoms with Gasteiger partial charge < -0.3 is 0 Å². The van der Waals surface area contributed by atoms with Gasteiger partial charge in [0, 0.05) is 0 Å². The van der Waals surface area contributed by atoms with E-state index in [0.717, 1.165) is 12.8 Å². The van der Waals surface area contributed by atoms with E-state index >= 15 is 0 Å². The summed E-state index contributed by atoms with van der Waals surface area (Å²) in [7, 11) is -6.42. The van der Waals surface area contributed by atoms with Crippen LogP contribution in [-0.4, -0.2) is 25.7 Å². The van der Waals surface area contributed by atoms with E-state index in [9.17, 15) is 0 Å². The van der Waals surface area contributed by atoms with Gasteiger partial charge in [-0.05, 0) is 0 Å². The minimum absolute atomic E-state index is 0.126. The number of rotatable bonds is 6. The van der Waals surface area contributed by atoms with Gasteiger partial charge in [0.25, 0.3) is 0 Å². The fraction of sp³-hybridized carbons (Fsp3) is 1.00. The molecule has 0 saturated heterocycles. The summed E-state index contributed by atoms with van der Waals surface area (Å²) in [6, 6.07) is 0. The minimum atomic E-state index is -3.77. The molecule has 0 radical (unpaired) electrons. The maximum atomic E-state index is 9.08. The van der Waals surface area contributed by atoms with Crippen LogP contribution in [0, 0.1) is 0 Å². The van der Waals surface area contributed by atoms with Crippen LogP contribution in [0.2, 0.25) is 0 Å². The third-order valence-corrected chi connectivity index (χ3v) is 4.16. The molecular weight excluding hydrogens is 202 g/mol. The topological polar surface area (TPSA) is 90.2 Å². The van der Waals surface area contributed by atoms with E-state index in [-0.39, 0.29) is 6.16 Å². The van der Waals surface area contributed by atoms with Gasteiger partial charge in [-0.25, -0.2) is 0 Å². The molecule has 0 aromatic carbocycles. The van der Waals surface area contributed by atoms with E-state index in [1.54, 1.807) is 0 Å². The first-order valence-corrected chi connectivity index (χ1v) is 6.97. The summed E-state index contributed by atoms with van der Waals surface area (Å²) in [6.07, 6.45) is 2.62. The molecule has 4 N–H and O–H groups in total. The number of hydrogen-bond donors (Lipinski definition) is 4. The van der Waals surface area contributed by atoms with Gasteiger partial charge in [0.05, 0.1) is 0 Å². The summed E-state index contributed by atoms with van der Waals surface area (Å²) in [6.45, 7) is 1.99. The van der Waals surface area contributed by atoms with Crippen molar-refractivity contribution in [2.24, 2.45) is 0 Å². The van der Waals surface area contributed by atoms with Gasteiger partial charge >= 0.3 is 72.8 Å². The van der Waals surface area contributed by atoms with Gasteiger partial charge in [-0.1, -0.05) is 0 Å². The summed E-state index contributed by atoms with van der Waals surface area (Å²) in [5.41, 5.74) is 0.